The lowest BCUT2D eigenvalue weighted by molar-refractivity contribution is -0.115. The van der Waals surface area contributed by atoms with Crippen molar-refractivity contribution in [1.82, 2.24) is 10.6 Å². The first-order chi connectivity index (χ1) is 11.7. The molecule has 0 radical (unpaired) electrons. The van der Waals surface area contributed by atoms with Crippen LogP contribution in [0.25, 0.3) is 0 Å². The van der Waals surface area contributed by atoms with Gasteiger partial charge in [0.25, 0.3) is 0 Å². The summed E-state index contributed by atoms with van der Waals surface area (Å²) in [5.41, 5.74) is 7.93. The average molecular weight is 359 g/mol. The molecule has 3 amide bonds. The molecule has 0 fully saturated rings. The molecule has 6 nitrogen and oxygen atoms in total. The summed E-state index contributed by atoms with van der Waals surface area (Å²) in [5, 5.41) is 16.2. The zero-order valence-electron chi connectivity index (χ0n) is 16.6. The molecule has 1 aromatic carbocycles. The Morgan fingerprint density at radius 2 is 1.54 bits per heavy atom. The second-order valence-electron chi connectivity index (χ2n) is 8.90. The molecule has 142 valence electrons. The quantitative estimate of drug-likeness (QED) is 0.652. The van der Waals surface area contributed by atoms with Crippen LogP contribution >= 0.6 is 0 Å². The highest BCUT2D eigenvalue weighted by Crippen LogP contribution is 2.42. The highest BCUT2D eigenvalue weighted by atomic mass is 16.3. The monoisotopic (exact) mass is 359 g/mol. The maximum Gasteiger partial charge on any atom is 0.319 e. The van der Waals surface area contributed by atoms with E-state index in [1.54, 1.807) is 6.92 Å². The second-order valence-corrected chi connectivity index (χ2v) is 8.90. The molecule has 1 aliphatic rings. The lowest BCUT2D eigenvalue weighted by Gasteiger charge is -2.32. The standard InChI is InChI=1S/C20H29N3O3/c1-10-14(17(21)25)15(23-18(26)22-10)11-8-12(19(2,3)4)16(24)13(9-11)20(5,6)7/h8-9,15,24H,1-7H3,(H2,21,25)(H2,22,23,26)/t15-/m1/s1. The van der Waals surface area contributed by atoms with Gasteiger partial charge in [0.1, 0.15) is 5.75 Å². The zero-order chi connectivity index (χ0) is 20.0. The number of phenols is 1. The van der Waals surface area contributed by atoms with E-state index in [-0.39, 0.29) is 22.6 Å². The van der Waals surface area contributed by atoms with E-state index in [4.69, 9.17) is 5.73 Å². The molecule has 0 aromatic heterocycles. The minimum atomic E-state index is -0.663. The highest BCUT2D eigenvalue weighted by Gasteiger charge is 2.33. The molecule has 1 heterocycles. The van der Waals surface area contributed by atoms with E-state index in [1.807, 2.05) is 53.7 Å². The Morgan fingerprint density at radius 1 is 1.08 bits per heavy atom. The first-order valence-corrected chi connectivity index (χ1v) is 8.69. The van der Waals surface area contributed by atoms with Crippen LogP contribution in [0.5, 0.6) is 5.75 Å². The third kappa shape index (κ3) is 3.69. The van der Waals surface area contributed by atoms with Crippen molar-refractivity contribution in [3.63, 3.8) is 0 Å². The number of allylic oxidation sites excluding steroid dienone is 1. The van der Waals surface area contributed by atoms with Crippen molar-refractivity contribution < 1.29 is 14.7 Å². The molecule has 1 atom stereocenters. The minimum Gasteiger partial charge on any atom is -0.507 e. The molecule has 1 aromatic rings. The van der Waals surface area contributed by atoms with Crippen LogP contribution in [-0.4, -0.2) is 17.0 Å². The molecule has 1 aliphatic heterocycles. The van der Waals surface area contributed by atoms with E-state index in [1.165, 1.54) is 0 Å². The first-order valence-electron chi connectivity index (χ1n) is 8.69. The second kappa shape index (κ2) is 6.34. The summed E-state index contributed by atoms with van der Waals surface area (Å²) >= 11 is 0. The molecule has 0 saturated carbocycles. The number of hydrogen-bond donors (Lipinski definition) is 4. The molecular formula is C20H29N3O3. The van der Waals surface area contributed by atoms with Gasteiger partial charge in [-0.1, -0.05) is 41.5 Å². The lowest BCUT2D eigenvalue weighted by Crippen LogP contribution is -2.46. The molecule has 0 spiro atoms. The van der Waals surface area contributed by atoms with E-state index in [0.29, 0.717) is 11.3 Å². The van der Waals surface area contributed by atoms with Crippen molar-refractivity contribution in [2.75, 3.05) is 0 Å². The van der Waals surface area contributed by atoms with Crippen molar-refractivity contribution in [3.8, 4) is 5.75 Å². The predicted molar refractivity (Wildman–Crippen MR) is 102 cm³/mol. The van der Waals surface area contributed by atoms with Crippen LogP contribution in [0.4, 0.5) is 4.79 Å². The van der Waals surface area contributed by atoms with Crippen LogP contribution in [-0.2, 0) is 15.6 Å². The van der Waals surface area contributed by atoms with Crippen molar-refractivity contribution in [3.05, 3.63) is 40.1 Å². The maximum atomic E-state index is 12.0. The van der Waals surface area contributed by atoms with Crippen LogP contribution in [0.15, 0.2) is 23.4 Å². The maximum absolute atomic E-state index is 12.0. The number of carbonyl (C=O) groups excluding carboxylic acids is 2. The highest BCUT2D eigenvalue weighted by molar-refractivity contribution is 5.97. The van der Waals surface area contributed by atoms with Gasteiger partial charge in [-0.05, 0) is 46.6 Å². The lowest BCUT2D eigenvalue weighted by atomic mass is 9.77. The number of hydrogen-bond acceptors (Lipinski definition) is 3. The fourth-order valence-corrected chi connectivity index (χ4v) is 3.24. The Labute approximate surface area is 154 Å². The topological polar surface area (TPSA) is 104 Å². The van der Waals surface area contributed by atoms with Gasteiger partial charge in [-0.25, -0.2) is 4.79 Å². The molecule has 6 heteroatoms. The number of rotatable bonds is 2. The largest absolute Gasteiger partial charge is 0.507 e. The Kier molecular flexibility index (Phi) is 4.83. The summed E-state index contributed by atoms with van der Waals surface area (Å²) in [6, 6.07) is 2.64. The van der Waals surface area contributed by atoms with Crippen molar-refractivity contribution in [1.29, 1.82) is 0 Å². The summed E-state index contributed by atoms with van der Waals surface area (Å²) in [4.78, 5) is 24.0. The van der Waals surface area contributed by atoms with Gasteiger partial charge < -0.3 is 21.5 Å². The normalized spacial score (nSPS) is 18.4. The van der Waals surface area contributed by atoms with Crippen LogP contribution < -0.4 is 16.4 Å². The molecule has 0 aliphatic carbocycles. The fraction of sp³-hybridized carbons (Fsp3) is 0.500. The van der Waals surface area contributed by atoms with E-state index in [0.717, 1.165) is 16.7 Å². The Morgan fingerprint density at radius 3 is 1.92 bits per heavy atom. The predicted octanol–water partition coefficient (Wildman–Crippen LogP) is 3.10. The van der Waals surface area contributed by atoms with Crippen LogP contribution in [0, 0.1) is 0 Å². The molecule has 2 rings (SSSR count). The Bertz CT molecular complexity index is 760. The minimum absolute atomic E-state index is 0.246. The third-order valence-electron chi connectivity index (χ3n) is 4.62. The summed E-state index contributed by atoms with van der Waals surface area (Å²) < 4.78 is 0. The summed E-state index contributed by atoms with van der Waals surface area (Å²) in [6.45, 7) is 13.7. The summed E-state index contributed by atoms with van der Waals surface area (Å²) in [7, 11) is 0. The number of urea groups is 1. The van der Waals surface area contributed by atoms with Crippen LogP contribution in [0.1, 0.15) is 71.2 Å². The summed E-state index contributed by atoms with van der Waals surface area (Å²) in [6.07, 6.45) is 0. The first kappa shape index (κ1) is 19.8. The van der Waals surface area contributed by atoms with Gasteiger partial charge in [0.15, 0.2) is 0 Å². The molecule has 0 bridgehead atoms. The number of benzene rings is 1. The SMILES string of the molecule is CC1=C(C(N)=O)[C@@H](c2cc(C(C)(C)C)c(O)c(C(C)(C)C)c2)NC(=O)N1. The van der Waals surface area contributed by atoms with Crippen molar-refractivity contribution in [2.45, 2.75) is 65.3 Å². The smallest absolute Gasteiger partial charge is 0.319 e. The van der Waals surface area contributed by atoms with Gasteiger partial charge in [-0.3, -0.25) is 4.79 Å². The number of amides is 3. The zero-order valence-corrected chi connectivity index (χ0v) is 16.6. The number of primary amides is 1. The Hall–Kier alpha value is -2.50. The molecule has 0 unspecified atom stereocenters. The van der Waals surface area contributed by atoms with Gasteiger partial charge in [0.2, 0.25) is 5.91 Å². The fourth-order valence-electron chi connectivity index (χ4n) is 3.24. The van der Waals surface area contributed by atoms with Gasteiger partial charge in [0.05, 0.1) is 11.6 Å². The third-order valence-corrected chi connectivity index (χ3v) is 4.62. The van der Waals surface area contributed by atoms with Gasteiger partial charge in [-0.15, -0.1) is 0 Å². The van der Waals surface area contributed by atoms with Gasteiger partial charge in [-0.2, -0.15) is 0 Å². The molecule has 5 N–H and O–H groups in total. The number of aromatic hydroxyl groups is 1. The summed E-state index contributed by atoms with van der Waals surface area (Å²) in [5.74, 6) is -0.349. The molecule has 0 saturated heterocycles. The number of carbonyl (C=O) groups is 2. The van der Waals surface area contributed by atoms with E-state index in [9.17, 15) is 14.7 Å². The number of phenolic OH excluding ortho intramolecular Hbond substituents is 1. The Balaban J connectivity index is 2.78. The average Bonchev–Trinajstić information content (AvgIpc) is 2.43. The van der Waals surface area contributed by atoms with Gasteiger partial charge >= 0.3 is 6.03 Å². The van der Waals surface area contributed by atoms with E-state index < -0.39 is 11.9 Å². The van der Waals surface area contributed by atoms with Crippen molar-refractivity contribution in [2.24, 2.45) is 5.73 Å². The van der Waals surface area contributed by atoms with Crippen LogP contribution in [0.3, 0.4) is 0 Å². The van der Waals surface area contributed by atoms with E-state index in [2.05, 4.69) is 10.6 Å². The van der Waals surface area contributed by atoms with E-state index >= 15 is 0 Å². The molecular weight excluding hydrogens is 330 g/mol. The number of nitrogens with two attached hydrogens (primary N) is 1. The number of nitrogens with one attached hydrogen (secondary N) is 2. The van der Waals surface area contributed by atoms with Gasteiger partial charge in [0, 0.05) is 5.70 Å². The van der Waals surface area contributed by atoms with Crippen molar-refractivity contribution >= 4 is 11.9 Å². The van der Waals surface area contributed by atoms with Crippen LogP contribution in [0.2, 0.25) is 0 Å². The molecule has 26 heavy (non-hydrogen) atoms.